The van der Waals surface area contributed by atoms with E-state index in [-0.39, 0.29) is 12.4 Å². The minimum absolute atomic E-state index is 0. The van der Waals surface area contributed by atoms with E-state index in [2.05, 4.69) is 30.0 Å². The van der Waals surface area contributed by atoms with Gasteiger partial charge in [0, 0.05) is 37.7 Å². The minimum atomic E-state index is 0. The van der Waals surface area contributed by atoms with Crippen LogP contribution in [0, 0.1) is 6.92 Å². The molecule has 3 heterocycles. The Morgan fingerprint density at radius 1 is 1.32 bits per heavy atom. The number of hydrogen-bond donors (Lipinski definition) is 1. The minimum Gasteiger partial charge on any atom is -0.316 e. The van der Waals surface area contributed by atoms with Gasteiger partial charge in [-0.2, -0.15) is 0 Å². The van der Waals surface area contributed by atoms with E-state index in [1.807, 2.05) is 20.2 Å². The molecule has 2 aromatic rings. The first-order chi connectivity index (χ1) is 10.2. The number of nitrogens with zero attached hydrogens (tertiary/aromatic N) is 5. The first-order valence-electron chi connectivity index (χ1n) is 7.24. The van der Waals surface area contributed by atoms with Gasteiger partial charge >= 0.3 is 0 Å². The Morgan fingerprint density at radius 3 is 2.86 bits per heavy atom. The summed E-state index contributed by atoms with van der Waals surface area (Å²) >= 11 is 1.66. The van der Waals surface area contributed by atoms with Crippen molar-refractivity contribution in [2.75, 3.05) is 13.1 Å². The van der Waals surface area contributed by atoms with Gasteiger partial charge in [0.15, 0.2) is 5.16 Å². The predicted octanol–water partition coefficient (Wildman–Crippen LogP) is 2.09. The van der Waals surface area contributed by atoms with Gasteiger partial charge in [0.05, 0.1) is 11.4 Å². The van der Waals surface area contributed by atoms with Crippen molar-refractivity contribution in [2.45, 2.75) is 36.6 Å². The number of piperidine rings is 1. The Kier molecular flexibility index (Phi) is 6.16. The molecule has 1 saturated heterocycles. The van der Waals surface area contributed by atoms with Crippen molar-refractivity contribution in [1.29, 1.82) is 0 Å². The van der Waals surface area contributed by atoms with Crippen LogP contribution in [0.15, 0.2) is 17.6 Å². The van der Waals surface area contributed by atoms with Crippen LogP contribution < -0.4 is 5.32 Å². The van der Waals surface area contributed by atoms with Gasteiger partial charge in [0.2, 0.25) is 0 Å². The third-order valence-electron chi connectivity index (χ3n) is 3.71. The summed E-state index contributed by atoms with van der Waals surface area (Å²) in [5.41, 5.74) is 1.91. The van der Waals surface area contributed by atoms with Crippen molar-refractivity contribution in [3.8, 4) is 0 Å². The lowest BCUT2D eigenvalue weighted by Crippen LogP contribution is -2.29. The van der Waals surface area contributed by atoms with Gasteiger partial charge in [-0.15, -0.1) is 22.6 Å². The molecule has 1 aliphatic rings. The van der Waals surface area contributed by atoms with Crippen LogP contribution in [0.5, 0.6) is 0 Å². The summed E-state index contributed by atoms with van der Waals surface area (Å²) < 4.78 is 2.12. The van der Waals surface area contributed by atoms with Crippen molar-refractivity contribution in [3.63, 3.8) is 0 Å². The quantitative estimate of drug-likeness (QED) is 0.860. The molecule has 2 aromatic heterocycles. The molecule has 0 saturated carbocycles. The highest BCUT2D eigenvalue weighted by molar-refractivity contribution is 7.98. The van der Waals surface area contributed by atoms with Crippen LogP contribution in [0.25, 0.3) is 0 Å². The number of aryl methyl sites for hydroxylation is 1. The van der Waals surface area contributed by atoms with E-state index in [9.17, 15) is 0 Å². The molecule has 1 atom stereocenters. The largest absolute Gasteiger partial charge is 0.316 e. The van der Waals surface area contributed by atoms with Gasteiger partial charge in [-0.05, 0) is 26.3 Å². The zero-order valence-corrected chi connectivity index (χ0v) is 14.5. The van der Waals surface area contributed by atoms with E-state index in [1.54, 1.807) is 18.0 Å². The van der Waals surface area contributed by atoms with E-state index < -0.39 is 0 Å². The van der Waals surface area contributed by atoms with Gasteiger partial charge in [-0.1, -0.05) is 11.8 Å². The number of rotatable bonds is 4. The number of hydrogen-bond acceptors (Lipinski definition) is 6. The van der Waals surface area contributed by atoms with Gasteiger partial charge in [-0.25, -0.2) is 0 Å². The lowest BCUT2D eigenvalue weighted by Gasteiger charge is -2.21. The van der Waals surface area contributed by atoms with Crippen molar-refractivity contribution in [1.82, 2.24) is 30.0 Å². The SMILES string of the molecule is Cc1cnc(CSc2nnc(C3CCCNC3)n2C)cn1.Cl. The summed E-state index contributed by atoms with van der Waals surface area (Å²) in [6, 6.07) is 0. The number of halogens is 1. The summed E-state index contributed by atoms with van der Waals surface area (Å²) in [5, 5.41) is 13.1. The molecular weight excluding hydrogens is 320 g/mol. The molecule has 0 spiro atoms. The first-order valence-corrected chi connectivity index (χ1v) is 8.23. The second-order valence-corrected chi connectivity index (χ2v) is 6.32. The molecule has 0 bridgehead atoms. The van der Waals surface area contributed by atoms with Gasteiger partial charge in [0.1, 0.15) is 5.82 Å². The molecule has 1 aliphatic heterocycles. The van der Waals surface area contributed by atoms with Crippen molar-refractivity contribution in [3.05, 3.63) is 29.6 Å². The fourth-order valence-electron chi connectivity index (χ4n) is 2.51. The molecule has 1 fully saturated rings. The molecule has 0 amide bonds. The Bertz CT molecular complexity index is 594. The molecule has 22 heavy (non-hydrogen) atoms. The maximum atomic E-state index is 4.38. The van der Waals surface area contributed by atoms with Crippen molar-refractivity contribution in [2.24, 2.45) is 7.05 Å². The van der Waals surface area contributed by atoms with E-state index in [0.29, 0.717) is 5.92 Å². The van der Waals surface area contributed by atoms with Crippen molar-refractivity contribution >= 4 is 24.2 Å². The molecule has 0 aromatic carbocycles. The monoisotopic (exact) mass is 340 g/mol. The maximum absolute atomic E-state index is 4.38. The third-order valence-corrected chi connectivity index (χ3v) is 4.77. The normalized spacial score (nSPS) is 18.0. The maximum Gasteiger partial charge on any atom is 0.191 e. The molecule has 1 N–H and O–H groups in total. The van der Waals surface area contributed by atoms with Crippen LogP contribution in [0.3, 0.4) is 0 Å². The molecule has 6 nitrogen and oxygen atoms in total. The van der Waals surface area contributed by atoms with Crippen LogP contribution in [0.1, 0.15) is 36.0 Å². The van der Waals surface area contributed by atoms with E-state index >= 15 is 0 Å². The average molecular weight is 341 g/mol. The van der Waals surface area contributed by atoms with Crippen LogP contribution in [0.4, 0.5) is 0 Å². The Balaban J connectivity index is 0.00000176. The van der Waals surface area contributed by atoms with Gasteiger partial charge in [0.25, 0.3) is 0 Å². The molecule has 0 radical (unpaired) electrons. The summed E-state index contributed by atoms with van der Waals surface area (Å²) in [6.07, 6.45) is 6.02. The number of nitrogens with one attached hydrogen (secondary N) is 1. The lowest BCUT2D eigenvalue weighted by molar-refractivity contribution is 0.436. The summed E-state index contributed by atoms with van der Waals surface area (Å²) in [6.45, 7) is 4.05. The van der Waals surface area contributed by atoms with Crippen LogP contribution in [0.2, 0.25) is 0 Å². The third kappa shape index (κ3) is 3.97. The number of thioether (sulfide) groups is 1. The van der Waals surface area contributed by atoms with Crippen molar-refractivity contribution < 1.29 is 0 Å². The van der Waals surface area contributed by atoms with E-state index in [4.69, 9.17) is 0 Å². The van der Waals surface area contributed by atoms with E-state index in [1.165, 1.54) is 12.8 Å². The topological polar surface area (TPSA) is 68.5 Å². The molecule has 3 rings (SSSR count). The first kappa shape index (κ1) is 17.2. The fourth-order valence-corrected chi connectivity index (χ4v) is 3.32. The highest BCUT2D eigenvalue weighted by Gasteiger charge is 2.21. The summed E-state index contributed by atoms with van der Waals surface area (Å²) in [7, 11) is 2.05. The molecule has 1 unspecified atom stereocenters. The molecule has 0 aliphatic carbocycles. The highest BCUT2D eigenvalue weighted by Crippen LogP contribution is 2.26. The Labute approximate surface area is 140 Å². The molecule has 120 valence electrons. The summed E-state index contributed by atoms with van der Waals surface area (Å²) in [4.78, 5) is 8.63. The average Bonchev–Trinajstić information content (AvgIpc) is 2.89. The van der Waals surface area contributed by atoms with Gasteiger partial charge in [-0.3, -0.25) is 9.97 Å². The zero-order valence-electron chi connectivity index (χ0n) is 12.8. The lowest BCUT2D eigenvalue weighted by atomic mass is 9.99. The van der Waals surface area contributed by atoms with Crippen LogP contribution in [-0.4, -0.2) is 37.8 Å². The summed E-state index contributed by atoms with van der Waals surface area (Å²) in [5.74, 6) is 2.33. The Morgan fingerprint density at radius 2 is 2.18 bits per heavy atom. The highest BCUT2D eigenvalue weighted by atomic mass is 35.5. The smallest absolute Gasteiger partial charge is 0.191 e. The molecule has 8 heteroatoms. The number of aromatic nitrogens is 5. The predicted molar refractivity (Wildman–Crippen MR) is 89.4 cm³/mol. The fraction of sp³-hybridized carbons (Fsp3) is 0.571. The van der Waals surface area contributed by atoms with Crippen LogP contribution >= 0.6 is 24.2 Å². The molecular formula is C14H21ClN6S. The Hall–Kier alpha value is -1.18. The second-order valence-electron chi connectivity index (χ2n) is 5.38. The standard InChI is InChI=1S/C14H20N6S.ClH/c1-10-6-17-12(8-16-10)9-21-14-19-18-13(20(14)2)11-4-3-5-15-7-11;/h6,8,11,15H,3-5,7,9H2,1-2H3;1H. The van der Waals surface area contributed by atoms with E-state index in [0.717, 1.165) is 41.2 Å². The zero-order chi connectivity index (χ0) is 14.7. The second kappa shape index (κ2) is 7.89. The van der Waals surface area contributed by atoms with Crippen LogP contribution in [-0.2, 0) is 12.8 Å². The van der Waals surface area contributed by atoms with Gasteiger partial charge < -0.3 is 9.88 Å².